The van der Waals surface area contributed by atoms with Crippen molar-refractivity contribution in [3.63, 3.8) is 0 Å². The van der Waals surface area contributed by atoms with Crippen LogP contribution in [0.2, 0.25) is 0 Å². The molecule has 0 aliphatic heterocycles. The number of hydrogen-bond donors (Lipinski definition) is 1. The summed E-state index contributed by atoms with van der Waals surface area (Å²) >= 11 is 0. The van der Waals surface area contributed by atoms with Crippen molar-refractivity contribution in [1.29, 1.82) is 0 Å². The van der Waals surface area contributed by atoms with E-state index in [-0.39, 0.29) is 17.2 Å². The van der Waals surface area contributed by atoms with Crippen LogP contribution >= 0.6 is 0 Å². The Labute approximate surface area is 143 Å². The number of rotatable bonds is 6. The zero-order chi connectivity index (χ0) is 17.9. The fourth-order valence-corrected chi connectivity index (χ4v) is 2.75. The Morgan fingerprint density at radius 1 is 1.33 bits per heavy atom. The number of ether oxygens (including phenoxy) is 1. The summed E-state index contributed by atoms with van der Waals surface area (Å²) in [4.78, 5) is 12.6. The maximum absolute atomic E-state index is 12.6. The highest BCUT2D eigenvalue weighted by Gasteiger charge is 2.27. The first-order valence-electron chi connectivity index (χ1n) is 8.15. The largest absolute Gasteiger partial charge is 0.496 e. The monoisotopic (exact) mass is 330 g/mol. The Hall–Kier alpha value is -2.30. The first kappa shape index (κ1) is 18.0. The van der Waals surface area contributed by atoms with Crippen LogP contribution in [0.1, 0.15) is 61.0 Å². The molecule has 1 amide bonds. The van der Waals surface area contributed by atoms with Gasteiger partial charge in [-0.25, -0.2) is 0 Å². The van der Waals surface area contributed by atoms with Crippen LogP contribution < -0.4 is 10.1 Å². The van der Waals surface area contributed by atoms with E-state index in [1.807, 2.05) is 38.1 Å². The number of aromatic nitrogens is 1. The number of benzene rings is 1. The Morgan fingerprint density at radius 3 is 2.62 bits per heavy atom. The molecular formula is C19H26N2O3. The van der Waals surface area contributed by atoms with Gasteiger partial charge in [-0.15, -0.1) is 0 Å². The molecule has 1 N–H and O–H groups in total. The number of hydrogen-bond acceptors (Lipinski definition) is 4. The highest BCUT2D eigenvalue weighted by atomic mass is 16.5. The van der Waals surface area contributed by atoms with E-state index in [2.05, 4.69) is 24.3 Å². The molecule has 1 aromatic heterocycles. The summed E-state index contributed by atoms with van der Waals surface area (Å²) in [7, 11) is 1.66. The highest BCUT2D eigenvalue weighted by Crippen LogP contribution is 2.31. The first-order valence-corrected chi connectivity index (χ1v) is 8.15. The molecule has 0 saturated heterocycles. The number of carbonyl (C=O) groups is 1. The van der Waals surface area contributed by atoms with Gasteiger partial charge in [0, 0.05) is 23.4 Å². The smallest absolute Gasteiger partial charge is 0.256 e. The lowest BCUT2D eigenvalue weighted by Gasteiger charge is -2.27. The van der Waals surface area contributed by atoms with Gasteiger partial charge in [-0.3, -0.25) is 4.79 Å². The zero-order valence-corrected chi connectivity index (χ0v) is 15.3. The highest BCUT2D eigenvalue weighted by molar-refractivity contribution is 5.96. The average Bonchev–Trinajstić information content (AvgIpc) is 2.94. The van der Waals surface area contributed by atoms with Gasteiger partial charge in [0.2, 0.25) is 0 Å². The van der Waals surface area contributed by atoms with Crippen LogP contribution in [0.25, 0.3) is 0 Å². The van der Waals surface area contributed by atoms with E-state index >= 15 is 0 Å². The van der Waals surface area contributed by atoms with E-state index in [1.165, 1.54) is 0 Å². The molecular weight excluding hydrogens is 304 g/mol. The minimum absolute atomic E-state index is 0.106. The topological polar surface area (TPSA) is 64.4 Å². The Kier molecular flexibility index (Phi) is 5.32. The third kappa shape index (κ3) is 3.61. The van der Waals surface area contributed by atoms with Gasteiger partial charge in [-0.2, -0.15) is 0 Å². The van der Waals surface area contributed by atoms with Gasteiger partial charge in [0.05, 0.1) is 12.8 Å². The van der Waals surface area contributed by atoms with Crippen LogP contribution in [0.15, 0.2) is 28.8 Å². The van der Waals surface area contributed by atoms with Crippen LogP contribution in [-0.4, -0.2) is 24.7 Å². The standard InChI is InChI=1S/C19H26N2O3/c1-12(2)17-16(13(3)21-24-17)18(22)20-11-19(4,5)14-9-7-8-10-15(14)23-6/h7-10,12H,11H2,1-6H3,(H,20,22). The molecule has 5 heteroatoms. The summed E-state index contributed by atoms with van der Waals surface area (Å²) in [6.07, 6.45) is 0. The number of carbonyl (C=O) groups excluding carboxylic acids is 1. The molecule has 130 valence electrons. The van der Waals surface area contributed by atoms with Crippen molar-refractivity contribution in [2.24, 2.45) is 0 Å². The molecule has 24 heavy (non-hydrogen) atoms. The van der Waals surface area contributed by atoms with E-state index in [0.717, 1.165) is 11.3 Å². The zero-order valence-electron chi connectivity index (χ0n) is 15.3. The van der Waals surface area contributed by atoms with Crippen LogP contribution in [0.3, 0.4) is 0 Å². The average molecular weight is 330 g/mol. The fourth-order valence-electron chi connectivity index (χ4n) is 2.75. The molecule has 0 radical (unpaired) electrons. The van der Waals surface area contributed by atoms with Crippen molar-refractivity contribution < 1.29 is 14.1 Å². The molecule has 1 aromatic carbocycles. The van der Waals surface area contributed by atoms with Crippen LogP contribution in [0.5, 0.6) is 5.75 Å². The number of para-hydroxylation sites is 1. The van der Waals surface area contributed by atoms with Crippen molar-refractivity contribution in [2.45, 2.75) is 46.0 Å². The molecule has 0 unspecified atom stereocenters. The maximum atomic E-state index is 12.6. The minimum Gasteiger partial charge on any atom is -0.496 e. The molecule has 0 aliphatic carbocycles. The SMILES string of the molecule is COc1ccccc1C(C)(C)CNC(=O)c1c(C)noc1C(C)C. The molecule has 0 bridgehead atoms. The summed E-state index contributed by atoms with van der Waals surface area (Å²) in [5.74, 6) is 1.40. The number of aryl methyl sites for hydroxylation is 1. The Bertz CT molecular complexity index is 717. The van der Waals surface area contributed by atoms with Gasteiger partial charge < -0.3 is 14.6 Å². The second kappa shape index (κ2) is 7.07. The summed E-state index contributed by atoms with van der Waals surface area (Å²) in [5, 5.41) is 6.95. The molecule has 0 aliphatic rings. The quantitative estimate of drug-likeness (QED) is 0.874. The predicted molar refractivity (Wildman–Crippen MR) is 93.7 cm³/mol. The van der Waals surface area contributed by atoms with Gasteiger partial charge in [-0.1, -0.05) is 51.1 Å². The lowest BCUT2D eigenvalue weighted by atomic mass is 9.84. The second-order valence-electron chi connectivity index (χ2n) is 6.93. The molecule has 0 fully saturated rings. The third-order valence-corrected chi connectivity index (χ3v) is 4.17. The van der Waals surface area contributed by atoms with E-state index in [1.54, 1.807) is 14.0 Å². The molecule has 1 heterocycles. The Balaban J connectivity index is 2.18. The van der Waals surface area contributed by atoms with Gasteiger partial charge in [0.15, 0.2) is 5.76 Å². The minimum atomic E-state index is -0.272. The van der Waals surface area contributed by atoms with Gasteiger partial charge in [0.25, 0.3) is 5.91 Å². The van der Waals surface area contributed by atoms with Gasteiger partial charge in [-0.05, 0) is 13.0 Å². The lowest BCUT2D eigenvalue weighted by Crippen LogP contribution is -2.37. The Morgan fingerprint density at radius 2 is 2.00 bits per heavy atom. The normalized spacial score (nSPS) is 11.6. The number of nitrogens with one attached hydrogen (secondary N) is 1. The van der Waals surface area contributed by atoms with Crippen molar-refractivity contribution in [3.05, 3.63) is 46.8 Å². The van der Waals surface area contributed by atoms with Crippen molar-refractivity contribution in [2.75, 3.05) is 13.7 Å². The molecule has 0 saturated carbocycles. The summed E-state index contributed by atoms with van der Waals surface area (Å²) in [5.41, 5.74) is 1.94. The van der Waals surface area contributed by atoms with Crippen molar-refractivity contribution >= 4 is 5.91 Å². The number of amides is 1. The maximum Gasteiger partial charge on any atom is 0.256 e. The van der Waals surface area contributed by atoms with Crippen LogP contribution in [-0.2, 0) is 5.41 Å². The van der Waals surface area contributed by atoms with Crippen LogP contribution in [0.4, 0.5) is 0 Å². The summed E-state index contributed by atoms with van der Waals surface area (Å²) in [6, 6.07) is 7.87. The lowest BCUT2D eigenvalue weighted by molar-refractivity contribution is 0.0942. The van der Waals surface area contributed by atoms with Crippen molar-refractivity contribution in [1.82, 2.24) is 10.5 Å². The molecule has 0 spiro atoms. The fraction of sp³-hybridized carbons (Fsp3) is 0.474. The molecule has 2 aromatic rings. The molecule has 5 nitrogen and oxygen atoms in total. The number of methoxy groups -OCH3 is 1. The van der Waals surface area contributed by atoms with E-state index in [9.17, 15) is 4.79 Å². The van der Waals surface area contributed by atoms with Crippen LogP contribution in [0, 0.1) is 6.92 Å². The predicted octanol–water partition coefficient (Wildman–Crippen LogP) is 3.82. The van der Waals surface area contributed by atoms with E-state index < -0.39 is 0 Å². The summed E-state index contributed by atoms with van der Waals surface area (Å²) < 4.78 is 10.7. The number of nitrogens with zero attached hydrogens (tertiary/aromatic N) is 1. The third-order valence-electron chi connectivity index (χ3n) is 4.17. The van der Waals surface area contributed by atoms with Gasteiger partial charge >= 0.3 is 0 Å². The van der Waals surface area contributed by atoms with Gasteiger partial charge in [0.1, 0.15) is 11.3 Å². The van der Waals surface area contributed by atoms with E-state index in [4.69, 9.17) is 9.26 Å². The van der Waals surface area contributed by atoms with Crippen molar-refractivity contribution in [3.8, 4) is 5.75 Å². The molecule has 2 rings (SSSR count). The first-order chi connectivity index (χ1) is 11.3. The molecule has 0 atom stereocenters. The summed E-state index contributed by atoms with van der Waals surface area (Å²) in [6.45, 7) is 10.4. The second-order valence-corrected chi connectivity index (χ2v) is 6.93. The van der Waals surface area contributed by atoms with E-state index in [0.29, 0.717) is 23.6 Å².